The highest BCUT2D eigenvalue weighted by Crippen LogP contribution is 2.41. The van der Waals surface area contributed by atoms with E-state index in [9.17, 15) is 14.4 Å². The Bertz CT molecular complexity index is 1570. The number of methoxy groups -OCH3 is 7. The molecule has 0 aliphatic carbocycles. The van der Waals surface area contributed by atoms with Gasteiger partial charge in [0.15, 0.2) is 23.0 Å². The van der Waals surface area contributed by atoms with Gasteiger partial charge in [-0.1, -0.05) is 30.3 Å². The fourth-order valence-electron chi connectivity index (χ4n) is 4.56. The summed E-state index contributed by atoms with van der Waals surface area (Å²) >= 11 is 0. The highest BCUT2D eigenvalue weighted by Gasteiger charge is 2.31. The molecule has 47 heavy (non-hydrogen) atoms. The molecule has 0 saturated carbocycles. The van der Waals surface area contributed by atoms with E-state index >= 15 is 0 Å². The Kier molecular flexibility index (Phi) is 13.1. The summed E-state index contributed by atoms with van der Waals surface area (Å²) < 4.78 is 48.9. The van der Waals surface area contributed by atoms with E-state index < -0.39 is 24.0 Å². The number of carbonyl (C=O) groups is 3. The topological polar surface area (TPSA) is 134 Å². The fraction of sp³-hybridized carbons (Fsp3) is 0.286. The average molecular weight is 651 g/mol. The predicted molar refractivity (Wildman–Crippen MR) is 172 cm³/mol. The normalized spacial score (nSPS) is 11.9. The van der Waals surface area contributed by atoms with Gasteiger partial charge in [0, 0.05) is 5.56 Å². The molecule has 0 heterocycles. The van der Waals surface area contributed by atoms with E-state index in [0.29, 0.717) is 39.7 Å². The van der Waals surface area contributed by atoms with Gasteiger partial charge in [-0.2, -0.15) is 0 Å². The first-order valence-corrected chi connectivity index (χ1v) is 14.2. The molecule has 0 amide bonds. The second-order valence-corrected chi connectivity index (χ2v) is 9.47. The van der Waals surface area contributed by atoms with Gasteiger partial charge >= 0.3 is 17.9 Å². The van der Waals surface area contributed by atoms with Crippen molar-refractivity contribution in [1.82, 2.24) is 0 Å². The molecule has 3 rings (SSSR count). The molecule has 0 spiro atoms. The summed E-state index contributed by atoms with van der Waals surface area (Å²) in [5, 5.41) is 0. The van der Waals surface area contributed by atoms with Gasteiger partial charge in [-0.3, -0.25) is 0 Å². The summed E-state index contributed by atoms with van der Waals surface area (Å²) in [6.07, 6.45) is 1.33. The van der Waals surface area contributed by atoms with Crippen molar-refractivity contribution in [2.45, 2.75) is 13.0 Å². The third-order valence-corrected chi connectivity index (χ3v) is 6.74. The highest BCUT2D eigenvalue weighted by molar-refractivity contribution is 6.13. The minimum atomic E-state index is -1.46. The van der Waals surface area contributed by atoms with Crippen molar-refractivity contribution in [2.24, 2.45) is 0 Å². The van der Waals surface area contributed by atoms with E-state index in [-0.39, 0.29) is 29.3 Å². The van der Waals surface area contributed by atoms with Crippen LogP contribution in [0.5, 0.6) is 34.5 Å². The van der Waals surface area contributed by atoms with Crippen molar-refractivity contribution in [2.75, 3.05) is 56.4 Å². The number of rotatable bonds is 15. The smallest absolute Gasteiger partial charge is 0.351 e. The van der Waals surface area contributed by atoms with Crippen LogP contribution in [-0.2, 0) is 28.6 Å². The Morgan fingerprint density at radius 1 is 0.617 bits per heavy atom. The Morgan fingerprint density at radius 3 is 1.40 bits per heavy atom. The first-order chi connectivity index (χ1) is 22.7. The van der Waals surface area contributed by atoms with E-state index in [2.05, 4.69) is 0 Å². The molecule has 0 bridgehead atoms. The maximum atomic E-state index is 14.2. The number of hydrogen-bond donors (Lipinski definition) is 0. The first-order valence-electron chi connectivity index (χ1n) is 14.2. The molecule has 0 fully saturated rings. The summed E-state index contributed by atoms with van der Waals surface area (Å²) in [5.41, 5.74) is 0.624. The molecule has 1 unspecified atom stereocenters. The van der Waals surface area contributed by atoms with Crippen LogP contribution in [-0.4, -0.2) is 74.3 Å². The maximum Gasteiger partial charge on any atom is 0.351 e. The Morgan fingerprint density at radius 2 is 1.04 bits per heavy atom. The monoisotopic (exact) mass is 650 g/mol. The molecule has 3 aromatic rings. The van der Waals surface area contributed by atoms with Crippen molar-refractivity contribution >= 4 is 30.1 Å². The molecule has 12 nitrogen and oxygen atoms in total. The lowest BCUT2D eigenvalue weighted by atomic mass is 9.99. The van der Waals surface area contributed by atoms with Crippen molar-refractivity contribution in [3.05, 3.63) is 82.4 Å². The molecule has 0 aliphatic rings. The lowest BCUT2D eigenvalue weighted by Crippen LogP contribution is -2.24. The van der Waals surface area contributed by atoms with Crippen molar-refractivity contribution in [1.29, 1.82) is 0 Å². The molecule has 0 N–H and O–H groups in total. The first kappa shape index (κ1) is 35.8. The minimum absolute atomic E-state index is 0.00720. The average Bonchev–Trinajstić information content (AvgIpc) is 3.10. The van der Waals surface area contributed by atoms with Crippen LogP contribution in [0.25, 0.3) is 12.2 Å². The van der Waals surface area contributed by atoms with Crippen LogP contribution in [0.2, 0.25) is 0 Å². The second-order valence-electron chi connectivity index (χ2n) is 9.47. The molecule has 250 valence electrons. The van der Waals surface area contributed by atoms with E-state index in [1.807, 2.05) is 0 Å². The van der Waals surface area contributed by atoms with E-state index in [1.54, 1.807) is 61.5 Å². The molecule has 0 saturated heterocycles. The summed E-state index contributed by atoms with van der Waals surface area (Å²) in [6, 6.07) is 14.6. The Labute approximate surface area is 273 Å². The van der Waals surface area contributed by atoms with Gasteiger partial charge < -0.3 is 42.6 Å². The van der Waals surface area contributed by atoms with Crippen molar-refractivity contribution < 1.29 is 57.0 Å². The lowest BCUT2D eigenvalue weighted by molar-refractivity contribution is -0.164. The number of ether oxygens (including phenoxy) is 9. The van der Waals surface area contributed by atoms with Crippen LogP contribution >= 0.6 is 0 Å². The van der Waals surface area contributed by atoms with E-state index in [0.717, 1.165) is 0 Å². The number of carbonyl (C=O) groups excluding carboxylic acids is 3. The standard InChI is InChI=1S/C35H38O12/c1-9-46-33(36)24(15-21-17-26(39-2)31(43-6)27(18-21)40-3)25(16-22-19-28(41-4)32(44-7)29(20-22)42-5)34(37)47-30(35(38)45-8)23-13-11-10-12-14-23/h10-20,30H,9H2,1-8H3/b24-15+,25-16+. The summed E-state index contributed by atoms with van der Waals surface area (Å²) in [4.78, 5) is 40.6. The van der Waals surface area contributed by atoms with Crippen LogP contribution in [0.1, 0.15) is 29.7 Å². The lowest BCUT2D eigenvalue weighted by Gasteiger charge is -2.19. The van der Waals surface area contributed by atoms with Gasteiger partial charge in [-0.15, -0.1) is 0 Å². The zero-order valence-electron chi connectivity index (χ0n) is 27.5. The quantitative estimate of drug-likeness (QED) is 0.0923. The van der Waals surface area contributed by atoms with Crippen molar-refractivity contribution in [3.63, 3.8) is 0 Å². The third kappa shape index (κ3) is 8.54. The molecule has 0 radical (unpaired) electrons. The summed E-state index contributed by atoms with van der Waals surface area (Å²) in [5.74, 6) is -0.921. The Balaban J connectivity index is 2.36. The van der Waals surface area contributed by atoms with Gasteiger partial charge in [-0.25, -0.2) is 14.4 Å². The van der Waals surface area contributed by atoms with Crippen LogP contribution < -0.4 is 28.4 Å². The van der Waals surface area contributed by atoms with Gasteiger partial charge in [0.25, 0.3) is 0 Å². The SMILES string of the molecule is CCOC(=O)C(=C/c1cc(OC)c(OC)c(OC)c1)/C(=C\c1cc(OC)c(OC)c(OC)c1)C(=O)OC(C(=O)OC)c1ccccc1. The molecule has 0 aromatic heterocycles. The van der Waals surface area contributed by atoms with E-state index in [1.165, 1.54) is 61.9 Å². The predicted octanol–water partition coefficient (Wildman–Crippen LogP) is 5.23. The van der Waals surface area contributed by atoms with Gasteiger partial charge in [0.05, 0.1) is 67.5 Å². The summed E-state index contributed by atoms with van der Waals surface area (Å²) in [7, 11) is 9.85. The molecule has 12 heteroatoms. The fourth-order valence-corrected chi connectivity index (χ4v) is 4.56. The maximum absolute atomic E-state index is 14.2. The molecule has 3 aromatic carbocycles. The molecular formula is C35H38O12. The van der Waals surface area contributed by atoms with Crippen LogP contribution in [0.15, 0.2) is 65.7 Å². The zero-order valence-corrected chi connectivity index (χ0v) is 27.5. The Hall–Kier alpha value is -5.65. The van der Waals surface area contributed by atoms with Gasteiger partial charge in [-0.05, 0) is 54.5 Å². The van der Waals surface area contributed by atoms with Crippen molar-refractivity contribution in [3.8, 4) is 34.5 Å². The van der Waals surface area contributed by atoms with Gasteiger partial charge in [0.1, 0.15) is 0 Å². The summed E-state index contributed by atoms with van der Waals surface area (Å²) in [6.45, 7) is 1.62. The molecule has 1 atom stereocenters. The largest absolute Gasteiger partial charge is 0.493 e. The highest BCUT2D eigenvalue weighted by atomic mass is 16.6. The molecule has 0 aliphatic heterocycles. The molecular weight excluding hydrogens is 612 g/mol. The number of esters is 3. The second kappa shape index (κ2) is 17.2. The van der Waals surface area contributed by atoms with Crippen LogP contribution in [0, 0.1) is 0 Å². The number of benzene rings is 3. The third-order valence-electron chi connectivity index (χ3n) is 6.74. The number of hydrogen-bond acceptors (Lipinski definition) is 12. The zero-order chi connectivity index (χ0) is 34.5. The van der Waals surface area contributed by atoms with Gasteiger partial charge in [0.2, 0.25) is 17.6 Å². The van der Waals surface area contributed by atoms with Crippen LogP contribution in [0.4, 0.5) is 0 Å². The minimum Gasteiger partial charge on any atom is -0.493 e. The van der Waals surface area contributed by atoms with E-state index in [4.69, 9.17) is 42.6 Å². The van der Waals surface area contributed by atoms with Crippen LogP contribution in [0.3, 0.4) is 0 Å².